The third kappa shape index (κ3) is 3.34. The number of unbranched alkanes of at least 4 members (excludes halogenated alkanes) is 3. The monoisotopic (exact) mass is 230 g/mol. The first-order chi connectivity index (χ1) is 8.42. The average molecular weight is 230 g/mol. The van der Waals surface area contributed by atoms with E-state index in [1.807, 2.05) is 6.20 Å². The maximum absolute atomic E-state index is 3.53. The Morgan fingerprint density at radius 3 is 2.94 bits per heavy atom. The normalized spacial score (nSPS) is 11.1. The van der Waals surface area contributed by atoms with Crippen molar-refractivity contribution in [2.45, 2.75) is 39.2 Å². The highest BCUT2D eigenvalue weighted by atomic mass is 14.8. The molecule has 1 aromatic carbocycles. The second-order valence-corrected chi connectivity index (χ2v) is 4.59. The summed E-state index contributed by atoms with van der Waals surface area (Å²) in [5.74, 6) is 0. The molecule has 0 bridgehead atoms. The number of rotatable bonds is 7. The molecule has 17 heavy (non-hydrogen) atoms. The first-order valence-electron chi connectivity index (χ1n) is 6.67. The zero-order chi connectivity index (χ0) is 11.9. The number of fused-ring (bicyclic) bond motifs is 1. The summed E-state index contributed by atoms with van der Waals surface area (Å²) < 4.78 is 0. The van der Waals surface area contributed by atoms with E-state index in [0.717, 1.165) is 13.1 Å². The summed E-state index contributed by atoms with van der Waals surface area (Å²) >= 11 is 0. The van der Waals surface area contributed by atoms with E-state index in [-0.39, 0.29) is 0 Å². The molecule has 2 heteroatoms. The van der Waals surface area contributed by atoms with Crippen molar-refractivity contribution in [2.75, 3.05) is 6.54 Å². The first kappa shape index (κ1) is 12.2. The van der Waals surface area contributed by atoms with Gasteiger partial charge in [0.2, 0.25) is 0 Å². The SMILES string of the molecule is CCCCCCNCc1cccc2[nH]ccc12. The molecule has 2 rings (SSSR count). The molecule has 0 atom stereocenters. The maximum atomic E-state index is 3.53. The van der Waals surface area contributed by atoms with E-state index >= 15 is 0 Å². The molecule has 0 saturated heterocycles. The Labute approximate surface area is 103 Å². The van der Waals surface area contributed by atoms with Crippen molar-refractivity contribution < 1.29 is 0 Å². The Morgan fingerprint density at radius 1 is 1.12 bits per heavy atom. The number of H-pyrrole nitrogens is 1. The molecule has 92 valence electrons. The number of aromatic nitrogens is 1. The van der Waals surface area contributed by atoms with Gasteiger partial charge < -0.3 is 10.3 Å². The highest BCUT2D eigenvalue weighted by molar-refractivity contribution is 5.82. The van der Waals surface area contributed by atoms with Crippen molar-refractivity contribution in [1.29, 1.82) is 0 Å². The second-order valence-electron chi connectivity index (χ2n) is 4.59. The summed E-state index contributed by atoms with van der Waals surface area (Å²) in [5.41, 5.74) is 2.62. The van der Waals surface area contributed by atoms with Gasteiger partial charge in [0.15, 0.2) is 0 Å². The molecule has 0 aliphatic rings. The summed E-state index contributed by atoms with van der Waals surface area (Å²) in [6, 6.07) is 8.60. The van der Waals surface area contributed by atoms with Crippen LogP contribution in [0.15, 0.2) is 30.5 Å². The Morgan fingerprint density at radius 2 is 2.06 bits per heavy atom. The zero-order valence-corrected chi connectivity index (χ0v) is 10.6. The van der Waals surface area contributed by atoms with Crippen LogP contribution in [0.25, 0.3) is 10.9 Å². The van der Waals surface area contributed by atoms with Gasteiger partial charge in [-0.1, -0.05) is 38.3 Å². The van der Waals surface area contributed by atoms with Gasteiger partial charge in [-0.2, -0.15) is 0 Å². The van der Waals surface area contributed by atoms with E-state index in [1.54, 1.807) is 0 Å². The number of hydrogen-bond acceptors (Lipinski definition) is 1. The van der Waals surface area contributed by atoms with Crippen molar-refractivity contribution in [2.24, 2.45) is 0 Å². The van der Waals surface area contributed by atoms with Crippen LogP contribution in [0, 0.1) is 0 Å². The van der Waals surface area contributed by atoms with Gasteiger partial charge in [-0.3, -0.25) is 0 Å². The molecule has 0 saturated carbocycles. The largest absolute Gasteiger partial charge is 0.361 e. The van der Waals surface area contributed by atoms with Crippen LogP contribution in [-0.4, -0.2) is 11.5 Å². The minimum atomic E-state index is 0.974. The van der Waals surface area contributed by atoms with Crippen molar-refractivity contribution in [3.8, 4) is 0 Å². The quantitative estimate of drug-likeness (QED) is 0.695. The molecular formula is C15H22N2. The molecule has 2 N–H and O–H groups in total. The van der Waals surface area contributed by atoms with Gasteiger partial charge in [0.25, 0.3) is 0 Å². The van der Waals surface area contributed by atoms with E-state index < -0.39 is 0 Å². The molecule has 0 radical (unpaired) electrons. The average Bonchev–Trinajstić information content (AvgIpc) is 2.82. The van der Waals surface area contributed by atoms with E-state index in [1.165, 1.54) is 42.1 Å². The van der Waals surface area contributed by atoms with Crippen molar-refractivity contribution >= 4 is 10.9 Å². The molecule has 0 aliphatic carbocycles. The fourth-order valence-corrected chi connectivity index (χ4v) is 2.20. The molecule has 1 heterocycles. The Bertz CT molecular complexity index is 445. The fourth-order valence-electron chi connectivity index (χ4n) is 2.20. The minimum absolute atomic E-state index is 0.974. The van der Waals surface area contributed by atoms with Gasteiger partial charge in [-0.05, 0) is 30.7 Å². The van der Waals surface area contributed by atoms with Crippen LogP contribution in [0.4, 0.5) is 0 Å². The molecule has 2 aromatic rings. The lowest BCUT2D eigenvalue weighted by Crippen LogP contribution is -2.14. The number of nitrogens with one attached hydrogen (secondary N) is 2. The van der Waals surface area contributed by atoms with Crippen LogP contribution in [-0.2, 0) is 6.54 Å². The molecule has 0 aliphatic heterocycles. The van der Waals surface area contributed by atoms with Crippen LogP contribution in [0.5, 0.6) is 0 Å². The molecule has 0 amide bonds. The molecule has 0 spiro atoms. The van der Waals surface area contributed by atoms with E-state index in [4.69, 9.17) is 0 Å². The van der Waals surface area contributed by atoms with Crippen LogP contribution in [0.2, 0.25) is 0 Å². The number of hydrogen-bond donors (Lipinski definition) is 2. The van der Waals surface area contributed by atoms with Crippen LogP contribution >= 0.6 is 0 Å². The Kier molecular flexibility index (Phi) is 4.63. The van der Waals surface area contributed by atoms with Crippen LogP contribution in [0.3, 0.4) is 0 Å². The zero-order valence-electron chi connectivity index (χ0n) is 10.6. The highest BCUT2D eigenvalue weighted by Gasteiger charge is 2.00. The summed E-state index contributed by atoms with van der Waals surface area (Å²) in [6.45, 7) is 4.35. The topological polar surface area (TPSA) is 27.8 Å². The lowest BCUT2D eigenvalue weighted by atomic mass is 10.1. The molecule has 1 aromatic heterocycles. The second kappa shape index (κ2) is 6.45. The Balaban J connectivity index is 1.80. The lowest BCUT2D eigenvalue weighted by molar-refractivity contribution is 0.599. The highest BCUT2D eigenvalue weighted by Crippen LogP contribution is 2.16. The first-order valence-corrected chi connectivity index (χ1v) is 6.67. The number of benzene rings is 1. The van der Waals surface area contributed by atoms with Gasteiger partial charge >= 0.3 is 0 Å². The van der Waals surface area contributed by atoms with Crippen LogP contribution < -0.4 is 5.32 Å². The van der Waals surface area contributed by atoms with Gasteiger partial charge in [0.05, 0.1) is 0 Å². The maximum Gasteiger partial charge on any atom is 0.0457 e. The minimum Gasteiger partial charge on any atom is -0.361 e. The number of aromatic amines is 1. The van der Waals surface area contributed by atoms with Gasteiger partial charge in [0, 0.05) is 23.6 Å². The lowest BCUT2D eigenvalue weighted by Gasteiger charge is -2.06. The summed E-state index contributed by atoms with van der Waals surface area (Å²) in [4.78, 5) is 3.25. The van der Waals surface area contributed by atoms with Crippen LogP contribution in [0.1, 0.15) is 38.2 Å². The Hall–Kier alpha value is -1.28. The summed E-state index contributed by atoms with van der Waals surface area (Å²) in [7, 11) is 0. The van der Waals surface area contributed by atoms with Gasteiger partial charge in [0.1, 0.15) is 0 Å². The van der Waals surface area contributed by atoms with Crippen molar-refractivity contribution in [3.63, 3.8) is 0 Å². The van der Waals surface area contributed by atoms with Gasteiger partial charge in [-0.15, -0.1) is 0 Å². The predicted octanol–water partition coefficient (Wildman–Crippen LogP) is 3.84. The molecule has 2 nitrogen and oxygen atoms in total. The summed E-state index contributed by atoms with van der Waals surface area (Å²) in [5, 5.41) is 4.87. The van der Waals surface area contributed by atoms with E-state index in [9.17, 15) is 0 Å². The standard InChI is InChI=1S/C15H22N2/c1-2-3-4-5-10-16-12-13-7-6-8-15-14(13)9-11-17-15/h6-9,11,16-17H,2-5,10,12H2,1H3. The third-order valence-corrected chi connectivity index (χ3v) is 3.21. The van der Waals surface area contributed by atoms with E-state index in [2.05, 4.69) is 41.5 Å². The predicted molar refractivity (Wildman–Crippen MR) is 74.1 cm³/mol. The molecule has 0 unspecified atom stereocenters. The smallest absolute Gasteiger partial charge is 0.0457 e. The fraction of sp³-hybridized carbons (Fsp3) is 0.467. The summed E-state index contributed by atoms with van der Waals surface area (Å²) in [6.07, 6.45) is 7.31. The van der Waals surface area contributed by atoms with Gasteiger partial charge in [-0.25, -0.2) is 0 Å². The van der Waals surface area contributed by atoms with Crippen molar-refractivity contribution in [1.82, 2.24) is 10.3 Å². The third-order valence-electron chi connectivity index (χ3n) is 3.21. The van der Waals surface area contributed by atoms with Crippen molar-refractivity contribution in [3.05, 3.63) is 36.0 Å². The van der Waals surface area contributed by atoms with E-state index in [0.29, 0.717) is 0 Å². The molecular weight excluding hydrogens is 208 g/mol. The molecule has 0 fully saturated rings.